The Hall–Kier alpha value is -1.35. The maximum absolute atomic E-state index is 13.3. The summed E-state index contributed by atoms with van der Waals surface area (Å²) in [6.07, 6.45) is 4.05. The van der Waals surface area contributed by atoms with Crippen molar-refractivity contribution in [3.05, 3.63) is 35.8 Å². The molecule has 2 N–H and O–H groups in total. The number of halogens is 1. The summed E-state index contributed by atoms with van der Waals surface area (Å²) in [5, 5.41) is 1.15. The average Bonchev–Trinajstić information content (AvgIpc) is 2.64. The van der Waals surface area contributed by atoms with Gasteiger partial charge in [-0.25, -0.2) is 4.39 Å². The van der Waals surface area contributed by atoms with E-state index in [1.54, 1.807) is 6.07 Å². The van der Waals surface area contributed by atoms with Gasteiger partial charge in [0, 0.05) is 17.6 Å². The van der Waals surface area contributed by atoms with E-state index in [-0.39, 0.29) is 5.82 Å². The van der Waals surface area contributed by atoms with Crippen LogP contribution >= 0.6 is 0 Å². The molecule has 2 aromatic rings. The van der Waals surface area contributed by atoms with Crippen LogP contribution in [0.4, 0.5) is 4.39 Å². The Morgan fingerprint density at radius 1 is 1.35 bits per heavy atom. The Labute approximate surface area is 101 Å². The van der Waals surface area contributed by atoms with Gasteiger partial charge < -0.3 is 10.3 Å². The first kappa shape index (κ1) is 12.1. The van der Waals surface area contributed by atoms with Gasteiger partial charge in [0.2, 0.25) is 0 Å². The van der Waals surface area contributed by atoms with Gasteiger partial charge in [-0.1, -0.05) is 0 Å². The minimum absolute atomic E-state index is 0.178. The zero-order chi connectivity index (χ0) is 12.4. The summed E-state index contributed by atoms with van der Waals surface area (Å²) in [5.41, 5.74) is 7.79. The minimum Gasteiger partial charge on any atom is -0.345 e. The topological polar surface area (TPSA) is 30.9 Å². The first-order chi connectivity index (χ1) is 8.13. The van der Waals surface area contributed by atoms with Crippen molar-refractivity contribution in [1.29, 1.82) is 0 Å². The van der Waals surface area contributed by atoms with Crippen LogP contribution in [-0.4, -0.2) is 11.1 Å². The van der Waals surface area contributed by atoms with Crippen LogP contribution in [0.1, 0.15) is 31.9 Å². The van der Waals surface area contributed by atoms with Crippen molar-refractivity contribution in [1.82, 2.24) is 4.57 Å². The second kappa shape index (κ2) is 4.88. The summed E-state index contributed by atoms with van der Waals surface area (Å²) in [5.74, 6) is -0.178. The largest absolute Gasteiger partial charge is 0.345 e. The van der Waals surface area contributed by atoms with Crippen molar-refractivity contribution in [3.63, 3.8) is 0 Å². The third-order valence-corrected chi connectivity index (χ3v) is 3.09. The minimum atomic E-state index is -0.178. The highest BCUT2D eigenvalue weighted by Crippen LogP contribution is 2.26. The van der Waals surface area contributed by atoms with Crippen LogP contribution in [0.3, 0.4) is 0 Å². The highest BCUT2D eigenvalue weighted by molar-refractivity contribution is 5.84. The second-order valence-corrected chi connectivity index (χ2v) is 4.71. The van der Waals surface area contributed by atoms with Crippen LogP contribution in [-0.2, 0) is 6.42 Å². The van der Waals surface area contributed by atoms with E-state index < -0.39 is 0 Å². The van der Waals surface area contributed by atoms with Gasteiger partial charge >= 0.3 is 0 Å². The molecule has 0 aliphatic heterocycles. The van der Waals surface area contributed by atoms with Crippen molar-refractivity contribution < 1.29 is 4.39 Å². The van der Waals surface area contributed by atoms with E-state index in [2.05, 4.69) is 24.6 Å². The summed E-state index contributed by atoms with van der Waals surface area (Å²) in [4.78, 5) is 0. The first-order valence-electron chi connectivity index (χ1n) is 6.12. The molecule has 0 amide bonds. The third kappa shape index (κ3) is 2.34. The predicted molar refractivity (Wildman–Crippen MR) is 69.7 cm³/mol. The number of hydrogen-bond donors (Lipinski definition) is 1. The molecule has 17 heavy (non-hydrogen) atoms. The van der Waals surface area contributed by atoms with Crippen LogP contribution in [0.15, 0.2) is 24.4 Å². The summed E-state index contributed by atoms with van der Waals surface area (Å²) >= 11 is 0. The monoisotopic (exact) mass is 234 g/mol. The Balaban J connectivity index is 2.54. The molecular formula is C14H19FN2. The van der Waals surface area contributed by atoms with Gasteiger partial charge in [-0.3, -0.25) is 0 Å². The lowest BCUT2D eigenvalue weighted by Gasteiger charge is -2.08. The molecule has 0 fully saturated rings. The number of benzene rings is 1. The van der Waals surface area contributed by atoms with Crippen LogP contribution in [0.5, 0.6) is 0 Å². The molecule has 0 unspecified atom stereocenters. The molecule has 0 atom stereocenters. The zero-order valence-electron chi connectivity index (χ0n) is 10.4. The summed E-state index contributed by atoms with van der Waals surface area (Å²) in [7, 11) is 0. The maximum Gasteiger partial charge on any atom is 0.125 e. The van der Waals surface area contributed by atoms with E-state index in [4.69, 9.17) is 5.73 Å². The van der Waals surface area contributed by atoms with E-state index >= 15 is 0 Å². The Morgan fingerprint density at radius 3 is 2.76 bits per heavy atom. The molecule has 0 saturated heterocycles. The molecule has 0 aliphatic rings. The first-order valence-corrected chi connectivity index (χ1v) is 6.12. The van der Waals surface area contributed by atoms with Crippen molar-refractivity contribution >= 4 is 10.9 Å². The van der Waals surface area contributed by atoms with Crippen molar-refractivity contribution in [3.8, 4) is 0 Å². The van der Waals surface area contributed by atoms with E-state index in [0.717, 1.165) is 23.7 Å². The molecular weight excluding hydrogens is 215 g/mol. The SMILES string of the molecule is CC(C)n1cc(CCCN)c2ccc(F)cc21. The number of fused-ring (bicyclic) bond motifs is 1. The molecule has 2 nitrogen and oxygen atoms in total. The van der Waals surface area contributed by atoms with E-state index in [0.29, 0.717) is 12.6 Å². The molecule has 1 aromatic heterocycles. The Kier molecular flexibility index (Phi) is 3.48. The maximum atomic E-state index is 13.3. The predicted octanol–water partition coefficient (Wildman–Crippen LogP) is 3.25. The number of nitrogens with two attached hydrogens (primary N) is 1. The number of hydrogen-bond acceptors (Lipinski definition) is 1. The normalized spacial score (nSPS) is 11.6. The zero-order valence-corrected chi connectivity index (χ0v) is 10.4. The molecule has 1 aromatic carbocycles. The Bertz CT molecular complexity index is 514. The lowest BCUT2D eigenvalue weighted by Crippen LogP contribution is -2.00. The highest BCUT2D eigenvalue weighted by Gasteiger charge is 2.10. The van der Waals surface area contributed by atoms with Gasteiger partial charge in [-0.05, 0) is 57.0 Å². The fraction of sp³-hybridized carbons (Fsp3) is 0.429. The van der Waals surface area contributed by atoms with Gasteiger partial charge in [-0.2, -0.15) is 0 Å². The lowest BCUT2D eigenvalue weighted by molar-refractivity contribution is 0.610. The number of nitrogens with zero attached hydrogens (tertiary/aromatic N) is 1. The standard InChI is InChI=1S/C14H19FN2/c1-10(2)17-9-11(4-3-7-16)13-6-5-12(15)8-14(13)17/h5-6,8-10H,3-4,7,16H2,1-2H3. The van der Waals surface area contributed by atoms with Gasteiger partial charge in [0.15, 0.2) is 0 Å². The lowest BCUT2D eigenvalue weighted by atomic mass is 10.1. The molecule has 3 heteroatoms. The molecule has 0 radical (unpaired) electrons. The van der Waals surface area contributed by atoms with Crippen molar-refractivity contribution in [2.24, 2.45) is 5.73 Å². The number of aryl methyl sites for hydroxylation is 1. The van der Waals surface area contributed by atoms with Gasteiger partial charge in [0.05, 0.1) is 5.52 Å². The van der Waals surface area contributed by atoms with Crippen molar-refractivity contribution in [2.45, 2.75) is 32.7 Å². The molecule has 0 spiro atoms. The van der Waals surface area contributed by atoms with Crippen LogP contribution < -0.4 is 5.73 Å². The highest BCUT2D eigenvalue weighted by atomic mass is 19.1. The van der Waals surface area contributed by atoms with Crippen LogP contribution in [0, 0.1) is 5.82 Å². The summed E-state index contributed by atoms with van der Waals surface area (Å²) in [6.45, 7) is 4.91. The van der Waals surface area contributed by atoms with E-state index in [1.165, 1.54) is 11.6 Å². The van der Waals surface area contributed by atoms with Crippen LogP contribution in [0.2, 0.25) is 0 Å². The Morgan fingerprint density at radius 2 is 2.12 bits per heavy atom. The summed E-state index contributed by atoms with van der Waals surface area (Å²) in [6, 6.07) is 5.35. The van der Waals surface area contributed by atoms with Gasteiger partial charge in [0.1, 0.15) is 5.82 Å². The summed E-state index contributed by atoms with van der Waals surface area (Å²) < 4.78 is 15.4. The molecule has 0 bridgehead atoms. The van der Waals surface area contributed by atoms with E-state index in [1.807, 2.05) is 6.07 Å². The molecule has 0 saturated carbocycles. The molecule has 92 valence electrons. The van der Waals surface area contributed by atoms with E-state index in [9.17, 15) is 4.39 Å². The number of rotatable bonds is 4. The quantitative estimate of drug-likeness (QED) is 0.865. The van der Waals surface area contributed by atoms with Gasteiger partial charge in [0.25, 0.3) is 0 Å². The third-order valence-electron chi connectivity index (χ3n) is 3.09. The second-order valence-electron chi connectivity index (χ2n) is 4.71. The molecule has 2 rings (SSSR count). The van der Waals surface area contributed by atoms with Crippen molar-refractivity contribution in [2.75, 3.05) is 6.54 Å². The fourth-order valence-electron chi connectivity index (χ4n) is 2.22. The average molecular weight is 234 g/mol. The molecule has 1 heterocycles. The molecule has 0 aliphatic carbocycles. The van der Waals surface area contributed by atoms with Crippen LogP contribution in [0.25, 0.3) is 10.9 Å². The number of aromatic nitrogens is 1. The fourth-order valence-corrected chi connectivity index (χ4v) is 2.22. The van der Waals surface area contributed by atoms with Gasteiger partial charge in [-0.15, -0.1) is 0 Å². The smallest absolute Gasteiger partial charge is 0.125 e.